The van der Waals surface area contributed by atoms with Crippen LogP contribution in [0.2, 0.25) is 0 Å². The summed E-state index contributed by atoms with van der Waals surface area (Å²) in [6.45, 7) is 8.73. The van der Waals surface area contributed by atoms with Crippen molar-refractivity contribution in [1.29, 1.82) is 0 Å². The standard InChI is InChI=1S/C15H30N2O2.ClH/c1-4-11(2)14(18)10-17-15(19)8-12(3)13-6-5-7-16-9-13;/h11-14,16,18H,4-10H2,1-3H3,(H,17,19);1H. The molecule has 120 valence electrons. The Morgan fingerprint density at radius 3 is 2.70 bits per heavy atom. The van der Waals surface area contributed by atoms with E-state index in [2.05, 4.69) is 17.6 Å². The topological polar surface area (TPSA) is 61.4 Å². The van der Waals surface area contributed by atoms with Gasteiger partial charge in [-0.3, -0.25) is 4.79 Å². The molecule has 0 aliphatic carbocycles. The molecule has 0 spiro atoms. The summed E-state index contributed by atoms with van der Waals surface area (Å²) >= 11 is 0. The first-order valence-corrected chi connectivity index (χ1v) is 7.70. The van der Waals surface area contributed by atoms with Gasteiger partial charge in [0.15, 0.2) is 0 Å². The Balaban J connectivity index is 0.00000361. The van der Waals surface area contributed by atoms with E-state index in [1.807, 2.05) is 13.8 Å². The zero-order valence-corrected chi connectivity index (χ0v) is 13.8. The number of rotatable bonds is 7. The Morgan fingerprint density at radius 2 is 2.15 bits per heavy atom. The minimum absolute atomic E-state index is 0. The zero-order valence-electron chi connectivity index (χ0n) is 13.0. The van der Waals surface area contributed by atoms with Crippen LogP contribution < -0.4 is 10.6 Å². The van der Waals surface area contributed by atoms with Gasteiger partial charge in [0.25, 0.3) is 0 Å². The normalized spacial score (nSPS) is 23.3. The van der Waals surface area contributed by atoms with Crippen LogP contribution in [0, 0.1) is 17.8 Å². The fraction of sp³-hybridized carbons (Fsp3) is 0.933. The maximum absolute atomic E-state index is 11.9. The lowest BCUT2D eigenvalue weighted by Gasteiger charge is -2.28. The van der Waals surface area contributed by atoms with E-state index < -0.39 is 6.10 Å². The van der Waals surface area contributed by atoms with E-state index in [1.54, 1.807) is 0 Å². The minimum Gasteiger partial charge on any atom is -0.391 e. The molecule has 1 aliphatic heterocycles. The van der Waals surface area contributed by atoms with Crippen molar-refractivity contribution in [3.05, 3.63) is 0 Å². The van der Waals surface area contributed by atoms with E-state index in [1.165, 1.54) is 12.8 Å². The SMILES string of the molecule is CCC(C)C(O)CNC(=O)CC(C)C1CCCNC1.Cl. The van der Waals surface area contributed by atoms with Crippen molar-refractivity contribution in [2.24, 2.45) is 17.8 Å². The second-order valence-corrected chi connectivity index (χ2v) is 6.04. The average molecular weight is 307 g/mol. The Hall–Kier alpha value is -0.320. The molecule has 0 aromatic rings. The third-order valence-electron chi connectivity index (χ3n) is 4.46. The van der Waals surface area contributed by atoms with Crippen molar-refractivity contribution >= 4 is 18.3 Å². The number of nitrogens with one attached hydrogen (secondary N) is 2. The number of carbonyl (C=O) groups is 1. The number of piperidine rings is 1. The van der Waals surface area contributed by atoms with Crippen LogP contribution in [0.4, 0.5) is 0 Å². The summed E-state index contributed by atoms with van der Waals surface area (Å²) in [5, 5.41) is 16.1. The molecule has 0 bridgehead atoms. The van der Waals surface area contributed by atoms with Crippen LogP contribution in [-0.2, 0) is 4.79 Å². The lowest BCUT2D eigenvalue weighted by atomic mass is 9.85. The van der Waals surface area contributed by atoms with Crippen molar-refractivity contribution in [2.75, 3.05) is 19.6 Å². The monoisotopic (exact) mass is 306 g/mol. The van der Waals surface area contributed by atoms with Gasteiger partial charge in [-0.15, -0.1) is 12.4 Å². The number of carbonyl (C=O) groups excluding carboxylic acids is 1. The van der Waals surface area contributed by atoms with E-state index in [9.17, 15) is 9.90 Å². The van der Waals surface area contributed by atoms with Gasteiger partial charge in [0.05, 0.1) is 6.10 Å². The van der Waals surface area contributed by atoms with E-state index in [4.69, 9.17) is 0 Å². The summed E-state index contributed by atoms with van der Waals surface area (Å²) in [6, 6.07) is 0. The highest BCUT2D eigenvalue weighted by Gasteiger charge is 2.22. The number of aliphatic hydroxyl groups excluding tert-OH is 1. The Bertz CT molecular complexity index is 271. The van der Waals surface area contributed by atoms with Gasteiger partial charge in [-0.05, 0) is 43.7 Å². The van der Waals surface area contributed by atoms with Crippen molar-refractivity contribution in [2.45, 2.75) is 52.6 Å². The quantitative estimate of drug-likeness (QED) is 0.674. The molecule has 1 heterocycles. The number of amides is 1. The summed E-state index contributed by atoms with van der Waals surface area (Å²) in [7, 11) is 0. The summed E-state index contributed by atoms with van der Waals surface area (Å²) in [5.41, 5.74) is 0. The fourth-order valence-corrected chi connectivity index (χ4v) is 2.59. The Labute approximate surface area is 129 Å². The first-order valence-electron chi connectivity index (χ1n) is 7.70. The van der Waals surface area contributed by atoms with Crippen molar-refractivity contribution in [3.63, 3.8) is 0 Å². The van der Waals surface area contributed by atoms with Gasteiger partial charge in [0.1, 0.15) is 0 Å². The molecular weight excluding hydrogens is 276 g/mol. The van der Waals surface area contributed by atoms with Gasteiger partial charge in [-0.2, -0.15) is 0 Å². The van der Waals surface area contributed by atoms with E-state index in [-0.39, 0.29) is 24.2 Å². The molecule has 1 amide bonds. The molecule has 0 aromatic heterocycles. The van der Waals surface area contributed by atoms with Gasteiger partial charge in [0.2, 0.25) is 5.91 Å². The molecule has 5 heteroatoms. The van der Waals surface area contributed by atoms with Crippen molar-refractivity contribution in [1.82, 2.24) is 10.6 Å². The predicted octanol–water partition coefficient (Wildman–Crippen LogP) is 1.96. The average Bonchev–Trinajstić information content (AvgIpc) is 2.44. The summed E-state index contributed by atoms with van der Waals surface area (Å²) in [4.78, 5) is 11.9. The third kappa shape index (κ3) is 6.91. The molecule has 3 N–H and O–H groups in total. The number of aliphatic hydroxyl groups is 1. The number of halogens is 1. The van der Waals surface area contributed by atoms with Gasteiger partial charge in [-0.1, -0.05) is 27.2 Å². The molecule has 1 aliphatic rings. The molecule has 1 rings (SSSR count). The zero-order chi connectivity index (χ0) is 14.3. The lowest BCUT2D eigenvalue weighted by molar-refractivity contribution is -0.123. The molecule has 4 nitrogen and oxygen atoms in total. The van der Waals surface area contributed by atoms with Crippen LogP contribution in [0.15, 0.2) is 0 Å². The molecule has 4 unspecified atom stereocenters. The van der Waals surface area contributed by atoms with Crippen LogP contribution in [0.5, 0.6) is 0 Å². The van der Waals surface area contributed by atoms with E-state index in [0.717, 1.165) is 19.5 Å². The van der Waals surface area contributed by atoms with Crippen molar-refractivity contribution in [3.8, 4) is 0 Å². The van der Waals surface area contributed by atoms with E-state index >= 15 is 0 Å². The number of hydrogen-bond donors (Lipinski definition) is 3. The largest absolute Gasteiger partial charge is 0.391 e. The first-order chi connectivity index (χ1) is 9.04. The van der Waals surface area contributed by atoms with Crippen LogP contribution >= 0.6 is 12.4 Å². The maximum atomic E-state index is 11.9. The highest BCUT2D eigenvalue weighted by atomic mass is 35.5. The first kappa shape index (κ1) is 19.7. The smallest absolute Gasteiger partial charge is 0.220 e. The van der Waals surface area contributed by atoms with Crippen LogP contribution in [0.25, 0.3) is 0 Å². The van der Waals surface area contributed by atoms with Gasteiger partial charge < -0.3 is 15.7 Å². The maximum Gasteiger partial charge on any atom is 0.220 e. The van der Waals surface area contributed by atoms with Crippen LogP contribution in [0.3, 0.4) is 0 Å². The third-order valence-corrected chi connectivity index (χ3v) is 4.46. The molecule has 1 fully saturated rings. The molecule has 1 saturated heterocycles. The Kier molecular flexibility index (Phi) is 10.2. The summed E-state index contributed by atoms with van der Waals surface area (Å²) < 4.78 is 0. The van der Waals surface area contributed by atoms with Gasteiger partial charge >= 0.3 is 0 Å². The Morgan fingerprint density at radius 1 is 1.45 bits per heavy atom. The molecule has 20 heavy (non-hydrogen) atoms. The highest BCUT2D eigenvalue weighted by Crippen LogP contribution is 2.22. The second-order valence-electron chi connectivity index (χ2n) is 6.04. The molecular formula is C15H31ClN2O2. The molecule has 0 saturated carbocycles. The van der Waals surface area contributed by atoms with Crippen molar-refractivity contribution < 1.29 is 9.90 Å². The molecule has 4 atom stereocenters. The number of hydrogen-bond acceptors (Lipinski definition) is 3. The highest BCUT2D eigenvalue weighted by molar-refractivity contribution is 5.85. The minimum atomic E-state index is -0.430. The summed E-state index contributed by atoms with van der Waals surface area (Å²) in [5.74, 6) is 1.33. The summed E-state index contributed by atoms with van der Waals surface area (Å²) in [6.07, 6.45) is 3.50. The predicted molar refractivity (Wildman–Crippen MR) is 85.1 cm³/mol. The van der Waals surface area contributed by atoms with Gasteiger partial charge in [0, 0.05) is 13.0 Å². The molecule has 0 radical (unpaired) electrons. The van der Waals surface area contributed by atoms with Crippen LogP contribution in [0.1, 0.15) is 46.5 Å². The van der Waals surface area contributed by atoms with Crippen LogP contribution in [-0.4, -0.2) is 36.8 Å². The second kappa shape index (κ2) is 10.4. The fourth-order valence-electron chi connectivity index (χ4n) is 2.59. The lowest BCUT2D eigenvalue weighted by Crippen LogP contribution is -2.38. The molecule has 0 aromatic carbocycles. The van der Waals surface area contributed by atoms with Gasteiger partial charge in [-0.25, -0.2) is 0 Å². The van der Waals surface area contributed by atoms with E-state index in [0.29, 0.717) is 24.8 Å².